The molecule has 0 aliphatic carbocycles. The van der Waals surface area contributed by atoms with E-state index in [2.05, 4.69) is 20.1 Å². The van der Waals surface area contributed by atoms with Gasteiger partial charge < -0.3 is 9.42 Å². The lowest BCUT2D eigenvalue weighted by Gasteiger charge is -2.34. The third-order valence-electron chi connectivity index (χ3n) is 5.00. The van der Waals surface area contributed by atoms with E-state index in [-0.39, 0.29) is 18.0 Å². The molecule has 3 aromatic rings. The zero-order valence-electron chi connectivity index (χ0n) is 16.0. The minimum Gasteiger partial charge on any atom is -0.340 e. The number of aryl methyl sites for hydroxylation is 2. The Hall–Kier alpha value is -3.07. The van der Waals surface area contributed by atoms with Crippen molar-refractivity contribution in [1.29, 1.82) is 0 Å². The molecule has 0 atom stereocenters. The second-order valence-corrected chi connectivity index (χ2v) is 6.98. The van der Waals surface area contributed by atoms with E-state index >= 15 is 0 Å². The lowest BCUT2D eigenvalue weighted by molar-refractivity contribution is -0.133. The van der Waals surface area contributed by atoms with Gasteiger partial charge in [-0.3, -0.25) is 14.5 Å². The van der Waals surface area contributed by atoms with Crippen molar-refractivity contribution in [2.45, 2.75) is 26.9 Å². The molecule has 146 valence electrons. The average Bonchev–Trinajstić information content (AvgIpc) is 3.11. The summed E-state index contributed by atoms with van der Waals surface area (Å²) in [6.45, 7) is 6.79. The van der Waals surface area contributed by atoms with Crippen molar-refractivity contribution in [3.63, 3.8) is 0 Å². The molecular weight excluding hydrogens is 360 g/mol. The highest BCUT2D eigenvalue weighted by molar-refractivity contribution is 5.83. The predicted octanol–water partition coefficient (Wildman–Crippen LogP) is 0.741. The first-order valence-corrected chi connectivity index (χ1v) is 9.27. The lowest BCUT2D eigenvalue weighted by Crippen LogP contribution is -2.49. The van der Waals surface area contributed by atoms with E-state index in [1.165, 1.54) is 4.68 Å². The van der Waals surface area contributed by atoms with Crippen LogP contribution < -0.4 is 5.56 Å². The van der Waals surface area contributed by atoms with Crippen LogP contribution in [0.15, 0.2) is 33.6 Å². The van der Waals surface area contributed by atoms with Gasteiger partial charge in [0.1, 0.15) is 6.54 Å². The maximum Gasteiger partial charge on any atom is 0.275 e. The Morgan fingerprint density at radius 1 is 1.11 bits per heavy atom. The van der Waals surface area contributed by atoms with Crippen LogP contribution in [0.5, 0.6) is 0 Å². The maximum atomic E-state index is 12.7. The van der Waals surface area contributed by atoms with Crippen molar-refractivity contribution >= 4 is 16.7 Å². The number of piperazine rings is 1. The number of rotatable bonds is 4. The van der Waals surface area contributed by atoms with Crippen LogP contribution >= 0.6 is 0 Å². The number of benzene rings is 1. The highest BCUT2D eigenvalue weighted by Gasteiger charge is 2.23. The zero-order valence-corrected chi connectivity index (χ0v) is 16.0. The summed E-state index contributed by atoms with van der Waals surface area (Å²) >= 11 is 0. The van der Waals surface area contributed by atoms with Crippen molar-refractivity contribution in [3.8, 4) is 0 Å². The van der Waals surface area contributed by atoms with E-state index in [0.717, 1.165) is 24.2 Å². The van der Waals surface area contributed by atoms with Crippen LogP contribution in [0.2, 0.25) is 0 Å². The summed E-state index contributed by atoms with van der Waals surface area (Å²) in [7, 11) is 0. The number of hydrogen-bond acceptors (Lipinski definition) is 7. The minimum atomic E-state index is -0.235. The maximum absolute atomic E-state index is 12.7. The normalized spacial score (nSPS) is 15.3. The summed E-state index contributed by atoms with van der Waals surface area (Å²) in [6.07, 6.45) is 0. The molecule has 1 aliphatic heterocycles. The molecule has 0 bridgehead atoms. The van der Waals surface area contributed by atoms with E-state index in [1.54, 1.807) is 17.9 Å². The topological polar surface area (TPSA) is 97.4 Å². The van der Waals surface area contributed by atoms with Gasteiger partial charge in [-0.1, -0.05) is 23.4 Å². The van der Waals surface area contributed by atoms with E-state index in [1.807, 2.05) is 25.1 Å². The third-order valence-corrected chi connectivity index (χ3v) is 5.00. The van der Waals surface area contributed by atoms with Crippen molar-refractivity contribution in [3.05, 3.63) is 52.0 Å². The van der Waals surface area contributed by atoms with Gasteiger partial charge in [0.15, 0.2) is 5.82 Å². The van der Waals surface area contributed by atoms with Gasteiger partial charge in [-0.05, 0) is 13.0 Å². The Bertz CT molecular complexity index is 1060. The molecule has 9 nitrogen and oxygen atoms in total. The fraction of sp³-hybridized carbons (Fsp3) is 0.421. The molecular formula is C19H22N6O3. The number of aromatic nitrogens is 4. The second kappa shape index (κ2) is 7.51. The van der Waals surface area contributed by atoms with Gasteiger partial charge >= 0.3 is 0 Å². The van der Waals surface area contributed by atoms with Gasteiger partial charge in [0.25, 0.3) is 5.56 Å². The molecule has 28 heavy (non-hydrogen) atoms. The average molecular weight is 382 g/mol. The first-order valence-electron chi connectivity index (χ1n) is 9.27. The number of nitrogens with zero attached hydrogens (tertiary/aromatic N) is 6. The standard InChI is InChI=1S/C19H22N6O3/c1-13-15-5-3-4-6-16(15)19(27)25(21-13)12-18(26)24-9-7-23(8-10-24)11-17-20-14(2)28-22-17/h3-6H,7-12H2,1-2H3. The van der Waals surface area contributed by atoms with E-state index in [4.69, 9.17) is 4.52 Å². The Kier molecular flexibility index (Phi) is 4.91. The molecule has 0 spiro atoms. The molecule has 9 heteroatoms. The van der Waals surface area contributed by atoms with Crippen LogP contribution in [-0.4, -0.2) is 61.8 Å². The van der Waals surface area contributed by atoms with Gasteiger partial charge in [0, 0.05) is 38.5 Å². The highest BCUT2D eigenvalue weighted by atomic mass is 16.5. The van der Waals surface area contributed by atoms with Crippen molar-refractivity contribution < 1.29 is 9.32 Å². The smallest absolute Gasteiger partial charge is 0.275 e. The number of hydrogen-bond donors (Lipinski definition) is 0. The Balaban J connectivity index is 1.40. The summed E-state index contributed by atoms with van der Waals surface area (Å²) in [5.41, 5.74) is 0.504. The highest BCUT2D eigenvalue weighted by Crippen LogP contribution is 2.12. The lowest BCUT2D eigenvalue weighted by atomic mass is 10.1. The second-order valence-electron chi connectivity index (χ2n) is 6.98. The largest absolute Gasteiger partial charge is 0.340 e. The summed E-state index contributed by atoms with van der Waals surface area (Å²) < 4.78 is 6.26. The summed E-state index contributed by atoms with van der Waals surface area (Å²) in [4.78, 5) is 33.5. The number of carbonyl (C=O) groups excluding carboxylic acids is 1. The number of amides is 1. The molecule has 0 unspecified atom stereocenters. The molecule has 0 N–H and O–H groups in total. The first-order chi connectivity index (χ1) is 13.5. The molecule has 1 saturated heterocycles. The summed E-state index contributed by atoms with van der Waals surface area (Å²) in [5.74, 6) is 1.10. The van der Waals surface area contributed by atoms with Gasteiger partial charge in [-0.15, -0.1) is 0 Å². The van der Waals surface area contributed by atoms with Gasteiger partial charge in [-0.2, -0.15) is 10.1 Å². The van der Waals surface area contributed by atoms with Crippen LogP contribution in [0.3, 0.4) is 0 Å². The quantitative estimate of drug-likeness (QED) is 0.656. The van der Waals surface area contributed by atoms with Crippen LogP contribution in [0, 0.1) is 13.8 Å². The van der Waals surface area contributed by atoms with E-state index in [9.17, 15) is 9.59 Å². The molecule has 2 aromatic heterocycles. The molecule has 1 aliphatic rings. The molecule has 1 amide bonds. The van der Waals surface area contributed by atoms with Gasteiger partial charge in [0.05, 0.1) is 17.6 Å². The van der Waals surface area contributed by atoms with Crippen molar-refractivity contribution in [2.75, 3.05) is 26.2 Å². The Morgan fingerprint density at radius 2 is 1.82 bits per heavy atom. The first kappa shape index (κ1) is 18.3. The molecule has 3 heterocycles. The number of carbonyl (C=O) groups is 1. The molecule has 1 fully saturated rings. The van der Waals surface area contributed by atoms with Crippen LogP contribution in [-0.2, 0) is 17.9 Å². The SMILES string of the molecule is Cc1nc(CN2CCN(C(=O)Cn3nc(C)c4ccccc4c3=O)CC2)no1. The molecule has 4 rings (SSSR count). The third kappa shape index (κ3) is 3.65. The Morgan fingerprint density at radius 3 is 2.50 bits per heavy atom. The van der Waals surface area contributed by atoms with Crippen LogP contribution in [0.25, 0.3) is 10.8 Å². The minimum absolute atomic E-state index is 0.0471. The fourth-order valence-corrected chi connectivity index (χ4v) is 3.50. The molecule has 0 saturated carbocycles. The summed E-state index contributed by atoms with van der Waals surface area (Å²) in [5, 5.41) is 9.64. The van der Waals surface area contributed by atoms with Crippen LogP contribution in [0.4, 0.5) is 0 Å². The zero-order chi connectivity index (χ0) is 19.7. The van der Waals surface area contributed by atoms with Crippen molar-refractivity contribution in [2.24, 2.45) is 0 Å². The van der Waals surface area contributed by atoms with E-state index < -0.39 is 0 Å². The van der Waals surface area contributed by atoms with E-state index in [0.29, 0.717) is 36.7 Å². The molecule has 0 radical (unpaired) electrons. The monoisotopic (exact) mass is 382 g/mol. The summed E-state index contributed by atoms with van der Waals surface area (Å²) in [6, 6.07) is 7.34. The molecule has 1 aromatic carbocycles. The van der Waals surface area contributed by atoms with Gasteiger partial charge in [-0.25, -0.2) is 4.68 Å². The Labute approximate surface area is 161 Å². The van der Waals surface area contributed by atoms with Crippen molar-refractivity contribution in [1.82, 2.24) is 29.7 Å². The number of fused-ring (bicyclic) bond motifs is 1. The predicted molar refractivity (Wildman–Crippen MR) is 102 cm³/mol. The van der Waals surface area contributed by atoms with Crippen LogP contribution in [0.1, 0.15) is 17.4 Å². The van der Waals surface area contributed by atoms with Gasteiger partial charge in [0.2, 0.25) is 11.8 Å². The fourth-order valence-electron chi connectivity index (χ4n) is 3.50.